The highest BCUT2D eigenvalue weighted by Crippen LogP contribution is 2.43. The van der Waals surface area contributed by atoms with Gasteiger partial charge >= 0.3 is 0 Å². The van der Waals surface area contributed by atoms with Gasteiger partial charge in [0.05, 0.1) is 23.6 Å². The number of ether oxygens (including phenoxy) is 1. The summed E-state index contributed by atoms with van der Waals surface area (Å²) >= 11 is 1.28. The monoisotopic (exact) mass is 419 g/mol. The summed E-state index contributed by atoms with van der Waals surface area (Å²) in [6.45, 7) is 2.06. The predicted octanol–water partition coefficient (Wildman–Crippen LogP) is 5.10. The molecule has 1 aliphatic rings. The Hall–Kier alpha value is -3.38. The Labute approximate surface area is 178 Å². The standard InChI is InChI=1S/C24H21NO4S/c1-3-15-9-11-17(12-10-15)25-21(16-6-4-7-18(14-16)29-2)20(23(27)24(25)28)22(26)19-8-5-13-30-19/h4-14,21,27H,3H2,1-2H3. The van der Waals surface area contributed by atoms with Crippen molar-refractivity contribution in [1.82, 2.24) is 0 Å². The quantitative estimate of drug-likeness (QED) is 0.565. The van der Waals surface area contributed by atoms with Crippen LogP contribution < -0.4 is 9.64 Å². The first-order valence-corrected chi connectivity index (χ1v) is 10.5. The number of aryl methyl sites for hydroxylation is 1. The van der Waals surface area contributed by atoms with Crippen molar-refractivity contribution in [1.29, 1.82) is 0 Å². The summed E-state index contributed by atoms with van der Waals surface area (Å²) in [5.41, 5.74) is 2.52. The van der Waals surface area contributed by atoms with Gasteiger partial charge < -0.3 is 9.84 Å². The Balaban J connectivity index is 1.87. The first kappa shape index (κ1) is 19.9. The number of thiophene rings is 1. The van der Waals surface area contributed by atoms with E-state index < -0.39 is 17.7 Å². The van der Waals surface area contributed by atoms with E-state index in [1.54, 1.807) is 42.8 Å². The molecule has 0 radical (unpaired) electrons. The second-order valence-corrected chi connectivity index (χ2v) is 7.89. The summed E-state index contributed by atoms with van der Waals surface area (Å²) in [5, 5.41) is 12.6. The summed E-state index contributed by atoms with van der Waals surface area (Å²) in [6, 6.07) is 17.5. The zero-order valence-corrected chi connectivity index (χ0v) is 17.5. The molecule has 6 heteroatoms. The molecular weight excluding hydrogens is 398 g/mol. The second kappa shape index (κ2) is 8.16. The van der Waals surface area contributed by atoms with E-state index in [9.17, 15) is 14.7 Å². The van der Waals surface area contributed by atoms with Gasteiger partial charge in [0, 0.05) is 5.69 Å². The molecule has 1 N–H and O–H groups in total. The molecule has 152 valence electrons. The summed E-state index contributed by atoms with van der Waals surface area (Å²) < 4.78 is 5.34. The van der Waals surface area contributed by atoms with Gasteiger partial charge in [-0.1, -0.05) is 37.3 Å². The highest BCUT2D eigenvalue weighted by Gasteiger charge is 2.44. The molecule has 30 heavy (non-hydrogen) atoms. The number of benzene rings is 2. The minimum Gasteiger partial charge on any atom is -0.503 e. The van der Waals surface area contributed by atoms with Crippen LogP contribution in [0.2, 0.25) is 0 Å². The number of hydrogen-bond donors (Lipinski definition) is 1. The summed E-state index contributed by atoms with van der Waals surface area (Å²) in [7, 11) is 1.56. The molecule has 1 atom stereocenters. The third kappa shape index (κ3) is 3.39. The van der Waals surface area contributed by atoms with Crippen LogP contribution in [0.25, 0.3) is 0 Å². The average molecular weight is 420 g/mol. The maximum Gasteiger partial charge on any atom is 0.294 e. The molecular formula is C24H21NO4S. The van der Waals surface area contributed by atoms with E-state index in [1.807, 2.05) is 30.3 Å². The largest absolute Gasteiger partial charge is 0.503 e. The van der Waals surface area contributed by atoms with Crippen molar-refractivity contribution in [3.8, 4) is 5.75 Å². The van der Waals surface area contributed by atoms with Crippen molar-refractivity contribution >= 4 is 28.7 Å². The summed E-state index contributed by atoms with van der Waals surface area (Å²) in [6.07, 6.45) is 0.874. The van der Waals surface area contributed by atoms with E-state index in [-0.39, 0.29) is 11.4 Å². The lowest BCUT2D eigenvalue weighted by molar-refractivity contribution is -0.117. The molecule has 0 fully saturated rings. The molecule has 1 aromatic heterocycles. The lowest BCUT2D eigenvalue weighted by Gasteiger charge is -2.27. The van der Waals surface area contributed by atoms with Crippen LogP contribution in [-0.2, 0) is 11.2 Å². The van der Waals surface area contributed by atoms with Crippen molar-refractivity contribution < 1.29 is 19.4 Å². The fraction of sp³-hybridized carbons (Fsp3) is 0.167. The van der Waals surface area contributed by atoms with Crippen LogP contribution in [0.4, 0.5) is 5.69 Å². The molecule has 0 saturated heterocycles. The van der Waals surface area contributed by atoms with Crippen LogP contribution in [0, 0.1) is 0 Å². The fourth-order valence-corrected chi connectivity index (χ4v) is 4.34. The number of amides is 1. The number of methoxy groups -OCH3 is 1. The van der Waals surface area contributed by atoms with Crippen LogP contribution in [-0.4, -0.2) is 23.9 Å². The average Bonchev–Trinajstić information content (AvgIpc) is 3.41. The molecule has 5 nitrogen and oxygen atoms in total. The smallest absolute Gasteiger partial charge is 0.294 e. The second-order valence-electron chi connectivity index (χ2n) is 6.94. The summed E-state index contributed by atoms with van der Waals surface area (Å²) in [4.78, 5) is 28.3. The maximum atomic E-state index is 13.3. The fourth-order valence-electron chi connectivity index (χ4n) is 3.66. The number of aliphatic hydroxyl groups is 1. The maximum absolute atomic E-state index is 13.3. The van der Waals surface area contributed by atoms with Crippen LogP contribution in [0.1, 0.15) is 33.8 Å². The van der Waals surface area contributed by atoms with E-state index >= 15 is 0 Å². The zero-order valence-electron chi connectivity index (χ0n) is 16.7. The van der Waals surface area contributed by atoms with Crippen LogP contribution in [0.5, 0.6) is 5.75 Å². The Morgan fingerprint density at radius 2 is 1.90 bits per heavy atom. The van der Waals surface area contributed by atoms with Gasteiger partial charge in [0.1, 0.15) is 5.75 Å². The molecule has 0 aliphatic carbocycles. The number of Topliss-reactive ketones (excluding diaryl/α,β-unsaturated/α-hetero) is 1. The molecule has 2 heterocycles. The van der Waals surface area contributed by atoms with Crippen LogP contribution >= 0.6 is 11.3 Å². The van der Waals surface area contributed by atoms with Gasteiger partial charge in [-0.3, -0.25) is 14.5 Å². The number of anilines is 1. The van der Waals surface area contributed by atoms with Crippen LogP contribution in [0.3, 0.4) is 0 Å². The minimum absolute atomic E-state index is 0.0790. The van der Waals surface area contributed by atoms with Gasteiger partial charge in [-0.05, 0) is 53.3 Å². The molecule has 1 unspecified atom stereocenters. The number of ketones is 1. The molecule has 0 saturated carbocycles. The Morgan fingerprint density at radius 3 is 2.53 bits per heavy atom. The van der Waals surface area contributed by atoms with Crippen molar-refractivity contribution in [2.24, 2.45) is 0 Å². The highest BCUT2D eigenvalue weighted by atomic mass is 32.1. The van der Waals surface area contributed by atoms with E-state index in [0.29, 0.717) is 21.9 Å². The van der Waals surface area contributed by atoms with Crippen LogP contribution in [0.15, 0.2) is 77.4 Å². The van der Waals surface area contributed by atoms with Crippen molar-refractivity contribution in [3.63, 3.8) is 0 Å². The highest BCUT2D eigenvalue weighted by molar-refractivity contribution is 7.12. The SMILES string of the molecule is CCc1ccc(N2C(=O)C(O)=C(C(=O)c3cccs3)C2c2cccc(OC)c2)cc1. The third-order valence-corrected chi connectivity index (χ3v) is 6.10. The first-order valence-electron chi connectivity index (χ1n) is 9.63. The van der Waals surface area contributed by atoms with E-state index in [1.165, 1.54) is 16.2 Å². The number of carbonyl (C=O) groups is 2. The van der Waals surface area contributed by atoms with Crippen molar-refractivity contribution in [2.75, 3.05) is 12.0 Å². The van der Waals surface area contributed by atoms with Gasteiger partial charge in [0.25, 0.3) is 5.91 Å². The normalized spacial score (nSPS) is 16.3. The minimum atomic E-state index is -0.755. The Kier molecular flexibility index (Phi) is 5.42. The lowest BCUT2D eigenvalue weighted by Crippen LogP contribution is -2.31. The number of nitrogens with zero attached hydrogens (tertiary/aromatic N) is 1. The van der Waals surface area contributed by atoms with Gasteiger partial charge in [-0.15, -0.1) is 11.3 Å². The molecule has 3 aromatic rings. The predicted molar refractivity (Wildman–Crippen MR) is 117 cm³/mol. The number of aliphatic hydroxyl groups excluding tert-OH is 1. The van der Waals surface area contributed by atoms with E-state index in [4.69, 9.17) is 4.74 Å². The van der Waals surface area contributed by atoms with Gasteiger partial charge in [0.15, 0.2) is 5.76 Å². The number of carbonyl (C=O) groups excluding carboxylic acids is 2. The topological polar surface area (TPSA) is 66.8 Å². The van der Waals surface area contributed by atoms with E-state index in [2.05, 4.69) is 6.92 Å². The zero-order chi connectivity index (χ0) is 21.3. The van der Waals surface area contributed by atoms with Gasteiger partial charge in [-0.2, -0.15) is 0 Å². The first-order chi connectivity index (χ1) is 14.5. The summed E-state index contributed by atoms with van der Waals surface area (Å²) in [5.74, 6) is -0.848. The molecule has 0 bridgehead atoms. The Morgan fingerprint density at radius 1 is 1.13 bits per heavy atom. The van der Waals surface area contributed by atoms with Crippen molar-refractivity contribution in [2.45, 2.75) is 19.4 Å². The molecule has 1 amide bonds. The third-order valence-electron chi connectivity index (χ3n) is 5.23. The number of rotatable bonds is 6. The Bertz CT molecular complexity index is 1120. The molecule has 4 rings (SSSR count). The molecule has 0 spiro atoms. The van der Waals surface area contributed by atoms with Gasteiger partial charge in [-0.25, -0.2) is 0 Å². The number of hydrogen-bond acceptors (Lipinski definition) is 5. The molecule has 1 aliphatic heterocycles. The molecule has 2 aromatic carbocycles. The van der Waals surface area contributed by atoms with Gasteiger partial charge in [0.2, 0.25) is 5.78 Å². The lowest BCUT2D eigenvalue weighted by atomic mass is 9.95. The van der Waals surface area contributed by atoms with Crippen molar-refractivity contribution in [3.05, 3.63) is 93.4 Å². The van der Waals surface area contributed by atoms with E-state index in [0.717, 1.165) is 12.0 Å².